The minimum absolute atomic E-state index is 0.293. The van der Waals surface area contributed by atoms with Crippen LogP contribution in [-0.4, -0.2) is 30.4 Å². The van der Waals surface area contributed by atoms with Crippen molar-refractivity contribution in [3.05, 3.63) is 15.6 Å². The molecule has 2 rings (SSSR count). The molecule has 2 atom stereocenters. The third-order valence-corrected chi connectivity index (χ3v) is 7.05. The normalized spacial score (nSPS) is 24.9. The van der Waals surface area contributed by atoms with E-state index in [9.17, 15) is 8.42 Å². The van der Waals surface area contributed by atoms with Crippen molar-refractivity contribution in [1.82, 2.24) is 4.98 Å². The molecule has 0 spiro atoms. The largest absolute Gasteiger partial charge is 0.326 e. The van der Waals surface area contributed by atoms with Crippen molar-refractivity contribution in [2.75, 3.05) is 5.75 Å². The molecule has 1 aromatic rings. The van der Waals surface area contributed by atoms with Gasteiger partial charge in [-0.05, 0) is 26.7 Å². The Morgan fingerprint density at radius 1 is 1.44 bits per heavy atom. The average molecular weight is 288 g/mol. The summed E-state index contributed by atoms with van der Waals surface area (Å²) in [6.45, 7) is 4.00. The van der Waals surface area contributed by atoms with Gasteiger partial charge in [0.15, 0.2) is 9.84 Å². The van der Waals surface area contributed by atoms with Crippen LogP contribution in [0.2, 0.25) is 0 Å². The van der Waals surface area contributed by atoms with E-state index in [1.165, 1.54) is 4.88 Å². The third kappa shape index (κ3) is 2.92. The van der Waals surface area contributed by atoms with E-state index in [0.717, 1.165) is 23.5 Å². The fraction of sp³-hybridized carbons (Fsp3) is 0.750. The summed E-state index contributed by atoms with van der Waals surface area (Å²) in [5, 5.41) is 0.578. The molecule has 0 amide bonds. The first-order valence-electron chi connectivity index (χ1n) is 6.30. The number of hydrogen-bond acceptors (Lipinski definition) is 5. The van der Waals surface area contributed by atoms with Gasteiger partial charge in [0.1, 0.15) is 0 Å². The van der Waals surface area contributed by atoms with Gasteiger partial charge in [-0.15, -0.1) is 11.3 Å². The molecule has 0 saturated carbocycles. The van der Waals surface area contributed by atoms with Crippen LogP contribution in [0, 0.1) is 13.8 Å². The van der Waals surface area contributed by atoms with Crippen LogP contribution in [0.4, 0.5) is 0 Å². The SMILES string of the molecule is Cc1nc(CC(N)C2CCCCS2(=O)=O)sc1C. The van der Waals surface area contributed by atoms with Crippen LogP contribution in [-0.2, 0) is 16.3 Å². The highest BCUT2D eigenvalue weighted by Crippen LogP contribution is 2.25. The first kappa shape index (κ1) is 14.0. The molecule has 2 heterocycles. The maximum absolute atomic E-state index is 12.0. The Morgan fingerprint density at radius 3 is 2.72 bits per heavy atom. The van der Waals surface area contributed by atoms with Gasteiger partial charge in [0.2, 0.25) is 0 Å². The van der Waals surface area contributed by atoms with Gasteiger partial charge in [0, 0.05) is 17.3 Å². The summed E-state index contributed by atoms with van der Waals surface area (Å²) in [7, 11) is -2.99. The highest BCUT2D eigenvalue weighted by molar-refractivity contribution is 7.92. The van der Waals surface area contributed by atoms with Crippen LogP contribution in [0.5, 0.6) is 0 Å². The molecule has 6 heteroatoms. The number of aryl methyl sites for hydroxylation is 2. The first-order chi connectivity index (χ1) is 8.40. The minimum Gasteiger partial charge on any atom is -0.326 e. The summed E-state index contributed by atoms with van der Waals surface area (Å²) in [6.07, 6.45) is 3.02. The Bertz CT molecular complexity index is 503. The quantitative estimate of drug-likeness (QED) is 0.917. The van der Waals surface area contributed by atoms with Gasteiger partial charge >= 0.3 is 0 Å². The lowest BCUT2D eigenvalue weighted by Crippen LogP contribution is -2.44. The van der Waals surface area contributed by atoms with Crippen molar-refractivity contribution < 1.29 is 8.42 Å². The topological polar surface area (TPSA) is 73.0 Å². The van der Waals surface area contributed by atoms with E-state index in [1.54, 1.807) is 11.3 Å². The molecule has 2 unspecified atom stereocenters. The monoisotopic (exact) mass is 288 g/mol. The fourth-order valence-electron chi connectivity index (χ4n) is 2.42. The van der Waals surface area contributed by atoms with Gasteiger partial charge < -0.3 is 5.73 Å². The summed E-state index contributed by atoms with van der Waals surface area (Å²) < 4.78 is 24.0. The standard InChI is InChI=1S/C12H20N2O2S2/c1-8-9(2)17-12(14-8)7-10(13)11-5-3-4-6-18(11,15)16/h10-11H,3-7,13H2,1-2H3. The summed E-state index contributed by atoms with van der Waals surface area (Å²) >= 11 is 1.62. The maximum atomic E-state index is 12.0. The molecular weight excluding hydrogens is 268 g/mol. The van der Waals surface area contributed by atoms with Crippen molar-refractivity contribution in [3.63, 3.8) is 0 Å². The van der Waals surface area contributed by atoms with E-state index in [4.69, 9.17) is 5.73 Å². The molecule has 4 nitrogen and oxygen atoms in total. The first-order valence-corrected chi connectivity index (χ1v) is 8.83. The number of sulfone groups is 1. The Hall–Kier alpha value is -0.460. The molecule has 0 radical (unpaired) electrons. The van der Waals surface area contributed by atoms with E-state index in [1.807, 2.05) is 13.8 Å². The van der Waals surface area contributed by atoms with E-state index in [0.29, 0.717) is 18.6 Å². The van der Waals surface area contributed by atoms with Crippen LogP contribution in [0.25, 0.3) is 0 Å². The van der Waals surface area contributed by atoms with Crippen LogP contribution >= 0.6 is 11.3 Å². The van der Waals surface area contributed by atoms with Gasteiger partial charge in [0.25, 0.3) is 0 Å². The number of thiazole rings is 1. The zero-order valence-corrected chi connectivity index (χ0v) is 12.5. The Labute approximate surface area is 113 Å². The van der Waals surface area contributed by atoms with Crippen molar-refractivity contribution in [2.24, 2.45) is 5.73 Å². The van der Waals surface area contributed by atoms with E-state index in [-0.39, 0.29) is 11.3 Å². The lowest BCUT2D eigenvalue weighted by atomic mass is 10.1. The lowest BCUT2D eigenvalue weighted by Gasteiger charge is -2.26. The van der Waals surface area contributed by atoms with Gasteiger partial charge in [-0.3, -0.25) is 0 Å². The average Bonchev–Trinajstić information content (AvgIpc) is 2.57. The molecule has 0 aromatic carbocycles. The zero-order chi connectivity index (χ0) is 13.3. The van der Waals surface area contributed by atoms with Gasteiger partial charge in [-0.2, -0.15) is 0 Å². The molecule has 1 saturated heterocycles. The van der Waals surface area contributed by atoms with Gasteiger partial charge in [-0.25, -0.2) is 13.4 Å². The number of hydrogen-bond donors (Lipinski definition) is 1. The summed E-state index contributed by atoms with van der Waals surface area (Å²) in [4.78, 5) is 5.62. The van der Waals surface area contributed by atoms with E-state index < -0.39 is 9.84 Å². The second-order valence-corrected chi connectivity index (χ2v) is 8.65. The predicted molar refractivity (Wildman–Crippen MR) is 74.7 cm³/mol. The second kappa shape index (κ2) is 5.27. The third-order valence-electron chi connectivity index (χ3n) is 3.59. The second-order valence-electron chi connectivity index (χ2n) is 5.02. The molecule has 0 aliphatic carbocycles. The Morgan fingerprint density at radius 2 is 2.17 bits per heavy atom. The minimum atomic E-state index is -2.99. The summed E-state index contributed by atoms with van der Waals surface area (Å²) in [5.74, 6) is 0.293. The Balaban J connectivity index is 2.09. The van der Waals surface area contributed by atoms with Crippen molar-refractivity contribution in [3.8, 4) is 0 Å². The van der Waals surface area contributed by atoms with E-state index >= 15 is 0 Å². The van der Waals surface area contributed by atoms with Crippen LogP contribution in [0.15, 0.2) is 0 Å². The molecular formula is C12H20N2O2S2. The highest BCUT2D eigenvalue weighted by atomic mass is 32.2. The zero-order valence-electron chi connectivity index (χ0n) is 10.8. The van der Waals surface area contributed by atoms with E-state index in [2.05, 4.69) is 4.98 Å². The van der Waals surface area contributed by atoms with Crippen molar-refractivity contribution in [1.29, 1.82) is 0 Å². The molecule has 102 valence electrons. The Kier molecular flexibility index (Phi) is 4.08. The van der Waals surface area contributed by atoms with Crippen LogP contribution in [0.1, 0.15) is 34.8 Å². The van der Waals surface area contributed by atoms with Crippen molar-refractivity contribution >= 4 is 21.2 Å². The fourth-order valence-corrected chi connectivity index (χ4v) is 5.49. The van der Waals surface area contributed by atoms with Crippen LogP contribution < -0.4 is 5.73 Å². The smallest absolute Gasteiger partial charge is 0.154 e. The number of rotatable bonds is 3. The molecule has 1 aliphatic heterocycles. The molecule has 18 heavy (non-hydrogen) atoms. The summed E-state index contributed by atoms with van der Waals surface area (Å²) in [5.41, 5.74) is 7.12. The number of nitrogens with zero attached hydrogens (tertiary/aromatic N) is 1. The molecule has 1 fully saturated rings. The van der Waals surface area contributed by atoms with Gasteiger partial charge in [0.05, 0.1) is 21.7 Å². The summed E-state index contributed by atoms with van der Waals surface area (Å²) in [6, 6.07) is -0.319. The lowest BCUT2D eigenvalue weighted by molar-refractivity contribution is 0.494. The molecule has 1 aromatic heterocycles. The van der Waals surface area contributed by atoms with Crippen LogP contribution in [0.3, 0.4) is 0 Å². The van der Waals surface area contributed by atoms with Gasteiger partial charge in [-0.1, -0.05) is 6.42 Å². The predicted octanol–water partition coefficient (Wildman–Crippen LogP) is 1.60. The van der Waals surface area contributed by atoms with Crippen molar-refractivity contribution in [2.45, 2.75) is 50.8 Å². The molecule has 2 N–H and O–H groups in total. The maximum Gasteiger partial charge on any atom is 0.154 e. The number of nitrogens with two attached hydrogens (primary N) is 1. The molecule has 0 bridgehead atoms. The highest BCUT2D eigenvalue weighted by Gasteiger charge is 2.34. The molecule has 1 aliphatic rings. The number of aromatic nitrogens is 1.